The first-order valence-electron chi connectivity index (χ1n) is 8.13. The number of anilines is 4. The quantitative estimate of drug-likeness (QED) is 0.722. The van der Waals surface area contributed by atoms with Gasteiger partial charge in [0.15, 0.2) is 0 Å². The SMILES string of the molecule is FC(F)(F)c1ccc(Nc2nccc(N3CCc4ccccc43)n2)cc1. The van der Waals surface area contributed by atoms with E-state index in [4.69, 9.17) is 0 Å². The molecule has 0 amide bonds. The van der Waals surface area contributed by atoms with E-state index in [1.165, 1.54) is 17.7 Å². The van der Waals surface area contributed by atoms with Gasteiger partial charge in [-0.2, -0.15) is 18.2 Å². The van der Waals surface area contributed by atoms with Gasteiger partial charge >= 0.3 is 6.18 Å². The summed E-state index contributed by atoms with van der Waals surface area (Å²) in [5.74, 6) is 1.09. The highest BCUT2D eigenvalue weighted by molar-refractivity contribution is 5.68. The van der Waals surface area contributed by atoms with Gasteiger partial charge in [0.2, 0.25) is 5.95 Å². The van der Waals surface area contributed by atoms with Crippen LogP contribution in [0.15, 0.2) is 60.8 Å². The first kappa shape index (κ1) is 16.4. The minimum Gasteiger partial charge on any atom is -0.326 e. The van der Waals surface area contributed by atoms with Crippen molar-refractivity contribution in [3.05, 3.63) is 71.9 Å². The van der Waals surface area contributed by atoms with Crippen LogP contribution in [-0.4, -0.2) is 16.5 Å². The normalized spacial score (nSPS) is 13.6. The molecular formula is C19H15F3N4. The maximum Gasteiger partial charge on any atom is 0.416 e. The average Bonchev–Trinajstić information content (AvgIpc) is 3.06. The summed E-state index contributed by atoms with van der Waals surface area (Å²) < 4.78 is 37.9. The molecule has 1 N–H and O–H groups in total. The van der Waals surface area contributed by atoms with E-state index in [0.717, 1.165) is 36.6 Å². The molecule has 4 rings (SSSR count). The van der Waals surface area contributed by atoms with Gasteiger partial charge in [-0.3, -0.25) is 0 Å². The Morgan fingerprint density at radius 2 is 1.73 bits per heavy atom. The Kier molecular flexibility index (Phi) is 3.99. The summed E-state index contributed by atoms with van der Waals surface area (Å²) in [6, 6.07) is 14.8. The van der Waals surface area contributed by atoms with Crippen LogP contribution in [0.25, 0.3) is 0 Å². The summed E-state index contributed by atoms with van der Waals surface area (Å²) >= 11 is 0. The molecule has 1 aliphatic heterocycles. The van der Waals surface area contributed by atoms with E-state index >= 15 is 0 Å². The zero-order valence-corrected chi connectivity index (χ0v) is 13.7. The van der Waals surface area contributed by atoms with E-state index in [2.05, 4.69) is 26.3 Å². The van der Waals surface area contributed by atoms with Gasteiger partial charge in [0.25, 0.3) is 0 Å². The van der Waals surface area contributed by atoms with Gasteiger partial charge in [-0.1, -0.05) is 18.2 Å². The summed E-state index contributed by atoms with van der Waals surface area (Å²) in [5, 5.41) is 2.95. The second-order valence-electron chi connectivity index (χ2n) is 5.97. The molecule has 2 heterocycles. The minimum atomic E-state index is -4.35. The summed E-state index contributed by atoms with van der Waals surface area (Å²) in [6.07, 6.45) is -1.77. The summed E-state index contributed by atoms with van der Waals surface area (Å²) in [7, 11) is 0. The zero-order chi connectivity index (χ0) is 18.1. The van der Waals surface area contributed by atoms with Gasteiger partial charge in [-0.05, 0) is 48.4 Å². The maximum absolute atomic E-state index is 12.6. The van der Waals surface area contributed by atoms with E-state index in [0.29, 0.717) is 11.6 Å². The second-order valence-corrected chi connectivity index (χ2v) is 5.97. The molecule has 1 aromatic heterocycles. The summed E-state index contributed by atoms with van der Waals surface area (Å²) in [6.45, 7) is 0.829. The fourth-order valence-electron chi connectivity index (χ4n) is 3.01. The average molecular weight is 356 g/mol. The fourth-order valence-corrected chi connectivity index (χ4v) is 3.01. The fraction of sp³-hybridized carbons (Fsp3) is 0.158. The predicted octanol–water partition coefficient (Wildman–Crippen LogP) is 4.93. The summed E-state index contributed by atoms with van der Waals surface area (Å²) in [4.78, 5) is 10.8. The predicted molar refractivity (Wildman–Crippen MR) is 93.9 cm³/mol. The molecule has 0 saturated carbocycles. The van der Waals surface area contributed by atoms with Crippen LogP contribution in [0.1, 0.15) is 11.1 Å². The number of nitrogens with one attached hydrogen (secondary N) is 1. The van der Waals surface area contributed by atoms with Crippen LogP contribution in [0.2, 0.25) is 0 Å². The third-order valence-corrected chi connectivity index (χ3v) is 4.27. The van der Waals surface area contributed by atoms with Crippen LogP contribution in [0.5, 0.6) is 0 Å². The van der Waals surface area contributed by atoms with Crippen LogP contribution in [0.3, 0.4) is 0 Å². The van der Waals surface area contributed by atoms with Gasteiger partial charge in [-0.25, -0.2) is 4.98 Å². The van der Waals surface area contributed by atoms with Gasteiger partial charge in [0, 0.05) is 24.1 Å². The van der Waals surface area contributed by atoms with E-state index in [-0.39, 0.29) is 0 Å². The number of benzene rings is 2. The van der Waals surface area contributed by atoms with Crippen molar-refractivity contribution in [1.82, 2.24) is 9.97 Å². The lowest BCUT2D eigenvalue weighted by Crippen LogP contribution is -2.15. The van der Waals surface area contributed by atoms with E-state index in [1.54, 1.807) is 6.20 Å². The lowest BCUT2D eigenvalue weighted by Gasteiger charge is -2.18. The van der Waals surface area contributed by atoms with Gasteiger partial charge < -0.3 is 10.2 Å². The third-order valence-electron chi connectivity index (χ3n) is 4.27. The smallest absolute Gasteiger partial charge is 0.326 e. The molecule has 4 nitrogen and oxygen atoms in total. The van der Waals surface area contributed by atoms with Crippen molar-refractivity contribution in [2.75, 3.05) is 16.8 Å². The van der Waals surface area contributed by atoms with E-state index in [9.17, 15) is 13.2 Å². The highest BCUT2D eigenvalue weighted by Crippen LogP contribution is 2.34. The maximum atomic E-state index is 12.6. The Hall–Kier alpha value is -3.09. The van der Waals surface area contributed by atoms with Crippen molar-refractivity contribution in [3.8, 4) is 0 Å². The number of rotatable bonds is 3. The molecule has 1 aliphatic rings. The number of nitrogens with zero attached hydrogens (tertiary/aromatic N) is 3. The van der Waals surface area contributed by atoms with Crippen LogP contribution in [0, 0.1) is 0 Å². The van der Waals surface area contributed by atoms with Crippen LogP contribution >= 0.6 is 0 Å². The zero-order valence-electron chi connectivity index (χ0n) is 13.7. The van der Waals surface area contributed by atoms with Crippen molar-refractivity contribution in [2.45, 2.75) is 12.6 Å². The standard InChI is InChI=1S/C19H15F3N4/c20-19(21,22)14-5-7-15(8-6-14)24-18-23-11-9-17(25-18)26-12-10-13-3-1-2-4-16(13)26/h1-9,11H,10,12H2,(H,23,24,25). The van der Waals surface area contributed by atoms with E-state index < -0.39 is 11.7 Å². The molecule has 0 bridgehead atoms. The molecule has 0 unspecified atom stereocenters. The molecule has 0 fully saturated rings. The largest absolute Gasteiger partial charge is 0.416 e. The van der Waals surface area contributed by atoms with Crippen molar-refractivity contribution in [1.29, 1.82) is 0 Å². The monoisotopic (exact) mass is 356 g/mol. The molecular weight excluding hydrogens is 341 g/mol. The van der Waals surface area contributed by atoms with Gasteiger partial charge in [0.05, 0.1) is 5.56 Å². The third kappa shape index (κ3) is 3.20. The number of para-hydroxylation sites is 1. The van der Waals surface area contributed by atoms with Crippen molar-refractivity contribution < 1.29 is 13.2 Å². The first-order valence-corrected chi connectivity index (χ1v) is 8.13. The Morgan fingerprint density at radius 3 is 2.50 bits per heavy atom. The highest BCUT2D eigenvalue weighted by Gasteiger charge is 2.30. The molecule has 26 heavy (non-hydrogen) atoms. The molecule has 2 aromatic carbocycles. The number of halogens is 3. The Balaban J connectivity index is 1.55. The number of hydrogen-bond acceptors (Lipinski definition) is 4. The van der Waals surface area contributed by atoms with Crippen molar-refractivity contribution in [2.24, 2.45) is 0 Å². The lowest BCUT2D eigenvalue weighted by atomic mass is 10.2. The van der Waals surface area contributed by atoms with Crippen LogP contribution in [-0.2, 0) is 12.6 Å². The number of hydrogen-bond donors (Lipinski definition) is 1. The Labute approximate surface area is 148 Å². The lowest BCUT2D eigenvalue weighted by molar-refractivity contribution is -0.137. The summed E-state index contributed by atoms with van der Waals surface area (Å²) in [5.41, 5.74) is 2.19. The van der Waals surface area contributed by atoms with Gasteiger partial charge in [-0.15, -0.1) is 0 Å². The Morgan fingerprint density at radius 1 is 0.962 bits per heavy atom. The molecule has 0 radical (unpaired) electrons. The highest BCUT2D eigenvalue weighted by atomic mass is 19.4. The topological polar surface area (TPSA) is 41.1 Å². The molecule has 132 valence electrons. The number of fused-ring (bicyclic) bond motifs is 1. The molecule has 7 heteroatoms. The van der Waals surface area contributed by atoms with Crippen LogP contribution < -0.4 is 10.2 Å². The minimum absolute atomic E-state index is 0.339. The molecule has 0 saturated heterocycles. The second kappa shape index (κ2) is 6.33. The molecule has 0 atom stereocenters. The number of aromatic nitrogens is 2. The van der Waals surface area contributed by atoms with Crippen LogP contribution in [0.4, 0.5) is 36.3 Å². The molecule has 0 aliphatic carbocycles. The van der Waals surface area contributed by atoms with Gasteiger partial charge in [0.1, 0.15) is 5.82 Å². The first-order chi connectivity index (χ1) is 12.5. The Bertz CT molecular complexity index is 923. The van der Waals surface area contributed by atoms with Crippen molar-refractivity contribution in [3.63, 3.8) is 0 Å². The van der Waals surface area contributed by atoms with Crippen molar-refractivity contribution >= 4 is 23.1 Å². The van der Waals surface area contributed by atoms with E-state index in [1.807, 2.05) is 24.3 Å². The molecule has 0 spiro atoms. The number of alkyl halides is 3. The molecule has 3 aromatic rings.